The van der Waals surface area contributed by atoms with Crippen LogP contribution in [0.3, 0.4) is 0 Å². The first kappa shape index (κ1) is 55.9. The van der Waals surface area contributed by atoms with E-state index >= 15 is 0 Å². The van der Waals surface area contributed by atoms with Crippen LogP contribution in [0.4, 0.5) is 0 Å². The molecule has 0 spiro atoms. The van der Waals surface area contributed by atoms with Gasteiger partial charge in [-0.1, -0.05) is 98.9 Å². The van der Waals surface area contributed by atoms with E-state index in [1.54, 1.807) is 80.7 Å². The van der Waals surface area contributed by atoms with Gasteiger partial charge in [0.1, 0.15) is 18.1 Å². The van der Waals surface area contributed by atoms with Crippen LogP contribution >= 0.6 is 0 Å². The highest BCUT2D eigenvalue weighted by Crippen LogP contribution is 2.38. The number of hydrogen-bond acceptors (Lipinski definition) is 17. The first-order chi connectivity index (χ1) is 30.6. The molecular weight excluding hydrogens is 851 g/mol. The van der Waals surface area contributed by atoms with Gasteiger partial charge >= 0.3 is 11.9 Å². The zero-order chi connectivity index (χ0) is 48.4. The van der Waals surface area contributed by atoms with Crippen LogP contribution in [0.15, 0.2) is 85.1 Å². The Hall–Kier alpha value is -3.44. The van der Waals surface area contributed by atoms with E-state index in [0.717, 1.165) is 0 Å². The largest absolute Gasteiger partial charge is 0.481 e. The van der Waals surface area contributed by atoms with Gasteiger partial charge < -0.3 is 80.9 Å². The molecule has 3 aliphatic heterocycles. The number of cyclic esters (lactones) is 1. The summed E-state index contributed by atoms with van der Waals surface area (Å²) in [6.45, 7) is 6.74. The highest BCUT2D eigenvalue weighted by atomic mass is 16.7. The normalized spacial score (nSPS) is 45.5. The lowest BCUT2D eigenvalue weighted by Gasteiger charge is -2.45. The van der Waals surface area contributed by atoms with Crippen molar-refractivity contribution in [1.29, 1.82) is 0 Å². The first-order valence-corrected chi connectivity index (χ1v) is 22.3. The highest BCUT2D eigenvalue weighted by Gasteiger charge is 2.51. The Balaban J connectivity index is 1.86. The molecule has 18 nitrogen and oxygen atoms in total. The number of carboxylic acid groups (broad SMARTS) is 1. The number of fused-ring (bicyclic) bond motifs is 2. The summed E-state index contributed by atoms with van der Waals surface area (Å²) in [6, 6.07) is -1.15. The molecule has 18 heteroatoms. The maximum absolute atomic E-state index is 12.6. The molecule has 0 saturated carbocycles. The molecule has 0 aliphatic carbocycles. The second-order valence-electron chi connectivity index (χ2n) is 17.6. The molecule has 2 fully saturated rings. The molecule has 368 valence electrons. The van der Waals surface area contributed by atoms with Crippen molar-refractivity contribution in [2.24, 2.45) is 23.5 Å². The van der Waals surface area contributed by atoms with Gasteiger partial charge in [-0.15, -0.1) is 0 Å². The number of ether oxygens (including phenoxy) is 4. The summed E-state index contributed by atoms with van der Waals surface area (Å²) in [5.41, 5.74) is 6.02. The minimum absolute atomic E-state index is 0.107. The van der Waals surface area contributed by atoms with Crippen LogP contribution in [0.1, 0.15) is 79.1 Å². The number of carboxylic acids is 1. The summed E-state index contributed by atoms with van der Waals surface area (Å²) in [6.07, 6.45) is 3.46. The molecule has 3 aliphatic rings. The molecule has 13 N–H and O–H groups in total. The van der Waals surface area contributed by atoms with Crippen molar-refractivity contribution < 1.29 is 84.7 Å². The summed E-state index contributed by atoms with van der Waals surface area (Å²) in [7, 11) is 0. The first-order valence-electron chi connectivity index (χ1n) is 22.3. The Bertz CT molecular complexity index is 1670. The minimum atomic E-state index is -2.33. The molecule has 65 heavy (non-hydrogen) atoms. The Labute approximate surface area is 381 Å². The van der Waals surface area contributed by atoms with Crippen LogP contribution < -0.4 is 5.73 Å². The molecule has 2 bridgehead atoms. The summed E-state index contributed by atoms with van der Waals surface area (Å²) in [5, 5.41) is 118. The third kappa shape index (κ3) is 18.6. The van der Waals surface area contributed by atoms with Gasteiger partial charge in [-0.2, -0.15) is 0 Å². The third-order valence-corrected chi connectivity index (χ3v) is 12.0. The number of aliphatic carboxylic acids is 1. The van der Waals surface area contributed by atoms with Crippen LogP contribution in [-0.2, 0) is 28.5 Å². The molecule has 3 heterocycles. The van der Waals surface area contributed by atoms with E-state index in [1.807, 2.05) is 19.1 Å². The monoisotopic (exact) mass is 923 g/mol. The fraction of sp³-hybridized carbons (Fsp3) is 0.660. The summed E-state index contributed by atoms with van der Waals surface area (Å²) in [4.78, 5) is 25.1. The van der Waals surface area contributed by atoms with Crippen molar-refractivity contribution >= 4 is 11.9 Å². The van der Waals surface area contributed by atoms with Gasteiger partial charge in [-0.3, -0.25) is 9.59 Å². The fourth-order valence-corrected chi connectivity index (χ4v) is 7.97. The second kappa shape index (κ2) is 27.4. The van der Waals surface area contributed by atoms with Crippen LogP contribution in [0.2, 0.25) is 0 Å². The number of rotatable bonds is 3. The number of aliphatic hydroxyl groups excluding tert-OH is 9. The second-order valence-corrected chi connectivity index (χ2v) is 17.6. The van der Waals surface area contributed by atoms with Crippen LogP contribution in [-0.4, -0.2) is 166 Å². The number of carbonyl (C=O) groups is 2. The van der Waals surface area contributed by atoms with Gasteiger partial charge in [0, 0.05) is 37.5 Å². The van der Waals surface area contributed by atoms with E-state index in [0.29, 0.717) is 0 Å². The molecule has 0 unspecified atom stereocenters. The van der Waals surface area contributed by atoms with Gasteiger partial charge in [0.15, 0.2) is 12.1 Å². The van der Waals surface area contributed by atoms with E-state index in [1.165, 1.54) is 13.0 Å². The van der Waals surface area contributed by atoms with Crippen molar-refractivity contribution in [3.8, 4) is 0 Å². The van der Waals surface area contributed by atoms with Crippen molar-refractivity contribution in [1.82, 2.24) is 0 Å². The standard InChI is InChI=1S/C47H73NO17/c1-27-17-15-13-11-9-7-5-6-8-10-12-14-16-18-34(64-46-44(58)41(48)43(57)30(4)63-46)24-38-40(45(59)60)37(54)26-47(61,65-38)25-33(51)22-36(53)35(52)20-19-31(49)21-32(50)23-39(55)62-29(3)28(2)42(27)56/h5-18,27-38,40-44,46,49-54,56-58,61H,19-26,48H2,1-4H3,(H,59,60)/b6-5+,9-7+,10-8+,13-11-,14-12+,17-15+,18-16+/t27-,28-,29-,30+,31+,32+,33-,34-,35+,36+,37-,38+,40+,41-,42+,43+,44-,46+,47+/m0/s1. The van der Waals surface area contributed by atoms with E-state index in [2.05, 4.69) is 0 Å². The maximum Gasteiger partial charge on any atom is 0.311 e. The fourth-order valence-electron chi connectivity index (χ4n) is 7.97. The number of nitrogens with two attached hydrogens (primary N) is 1. The molecule has 19 atom stereocenters. The Kier molecular flexibility index (Phi) is 23.6. The molecule has 2 saturated heterocycles. The van der Waals surface area contributed by atoms with Crippen LogP contribution in [0.5, 0.6) is 0 Å². The topological polar surface area (TPSA) is 320 Å². The smallest absolute Gasteiger partial charge is 0.311 e. The Morgan fingerprint density at radius 3 is 1.82 bits per heavy atom. The Morgan fingerprint density at radius 1 is 0.662 bits per heavy atom. The predicted octanol–water partition coefficient (Wildman–Crippen LogP) is 0.712. The summed E-state index contributed by atoms with van der Waals surface area (Å²) >= 11 is 0. The zero-order valence-corrected chi connectivity index (χ0v) is 37.6. The lowest BCUT2D eigenvalue weighted by molar-refractivity contribution is -0.308. The summed E-state index contributed by atoms with van der Waals surface area (Å²) in [5.74, 6) is -6.83. The number of hydrogen-bond donors (Lipinski definition) is 12. The van der Waals surface area contributed by atoms with Crippen molar-refractivity contribution in [3.05, 3.63) is 85.1 Å². The van der Waals surface area contributed by atoms with E-state index in [4.69, 9.17) is 24.7 Å². The SMILES string of the molecule is C[C@@H]1[C@H](O)[C@@H](C)/C=C/C=C\C=C\C=C\C=C\C=C\C=C\[C@H](O[C@H]2O[C@H](C)[C@@H](O)[C@H](N)[C@@H]2O)C[C@H]2O[C@](O)(C[C@@H](O)C[C@@H](O)[C@H](O)CC[C@@H](O)C[C@@H](O)CC(=O)O[C@H]1C)C[C@H](O)[C@H]2C(=O)O. The number of esters is 1. The van der Waals surface area contributed by atoms with Gasteiger partial charge in [0.05, 0.1) is 79.6 Å². The van der Waals surface area contributed by atoms with Crippen molar-refractivity contribution in [2.75, 3.05) is 0 Å². The minimum Gasteiger partial charge on any atom is -0.481 e. The van der Waals surface area contributed by atoms with E-state index in [-0.39, 0.29) is 31.6 Å². The molecule has 0 aromatic rings. The number of carbonyl (C=O) groups excluding carboxylic acids is 1. The predicted molar refractivity (Wildman–Crippen MR) is 237 cm³/mol. The number of aliphatic hydroxyl groups is 10. The average molecular weight is 924 g/mol. The van der Waals surface area contributed by atoms with Crippen LogP contribution in [0, 0.1) is 17.8 Å². The van der Waals surface area contributed by atoms with E-state index in [9.17, 15) is 65.8 Å². The lowest BCUT2D eigenvalue weighted by atomic mass is 9.82. The zero-order valence-electron chi connectivity index (χ0n) is 37.6. The maximum atomic E-state index is 12.6. The average Bonchev–Trinajstić information content (AvgIpc) is 3.21. The molecule has 0 aromatic carbocycles. The van der Waals surface area contributed by atoms with E-state index < -0.39 is 147 Å². The molecular formula is C47H73NO17. The van der Waals surface area contributed by atoms with Gasteiger partial charge in [-0.05, 0) is 33.1 Å². The van der Waals surface area contributed by atoms with Crippen molar-refractivity contribution in [2.45, 2.75) is 177 Å². The van der Waals surface area contributed by atoms with Crippen molar-refractivity contribution in [3.63, 3.8) is 0 Å². The summed E-state index contributed by atoms with van der Waals surface area (Å²) < 4.78 is 23.1. The highest BCUT2D eigenvalue weighted by molar-refractivity contribution is 5.71. The van der Waals surface area contributed by atoms with Gasteiger partial charge in [0.2, 0.25) is 0 Å². The molecule has 0 radical (unpaired) electrons. The quantitative estimate of drug-likeness (QED) is 0.174. The molecule has 0 amide bonds. The Morgan fingerprint density at radius 2 is 1.23 bits per heavy atom. The third-order valence-electron chi connectivity index (χ3n) is 12.0. The number of allylic oxidation sites excluding steroid dienone is 12. The molecule has 3 rings (SSSR count). The van der Waals surface area contributed by atoms with Gasteiger partial charge in [-0.25, -0.2) is 0 Å². The molecule has 0 aromatic heterocycles. The van der Waals surface area contributed by atoms with Crippen LogP contribution in [0.25, 0.3) is 0 Å². The lowest BCUT2D eigenvalue weighted by Crippen LogP contribution is -2.61. The van der Waals surface area contributed by atoms with Gasteiger partial charge in [0.25, 0.3) is 0 Å².